The van der Waals surface area contributed by atoms with Gasteiger partial charge in [0.2, 0.25) is 5.91 Å². The van der Waals surface area contributed by atoms with E-state index >= 15 is 0 Å². The maximum absolute atomic E-state index is 12.8. The highest BCUT2D eigenvalue weighted by molar-refractivity contribution is 5.93. The molecule has 1 unspecified atom stereocenters. The van der Waals surface area contributed by atoms with Crippen LogP contribution < -0.4 is 15.1 Å². The Morgan fingerprint density at radius 1 is 1.17 bits per heavy atom. The van der Waals surface area contributed by atoms with Crippen LogP contribution in [0, 0.1) is 5.92 Å². The number of nitrogens with one attached hydrogen (secondary N) is 1. The van der Waals surface area contributed by atoms with E-state index < -0.39 is 0 Å². The second-order valence-corrected chi connectivity index (χ2v) is 7.40. The van der Waals surface area contributed by atoms with Crippen LogP contribution in [0.15, 0.2) is 55.1 Å². The number of piperidine rings is 1. The van der Waals surface area contributed by atoms with E-state index in [1.807, 2.05) is 61.6 Å². The highest BCUT2D eigenvalue weighted by Gasteiger charge is 2.27. The molecule has 0 radical (unpaired) electrons. The monoisotopic (exact) mass is 391 g/mol. The summed E-state index contributed by atoms with van der Waals surface area (Å²) in [6.45, 7) is 1.51. The van der Waals surface area contributed by atoms with E-state index in [2.05, 4.69) is 25.3 Å². The lowest BCUT2D eigenvalue weighted by atomic mass is 9.97. The lowest BCUT2D eigenvalue weighted by Gasteiger charge is -2.32. The maximum Gasteiger partial charge on any atom is 0.229 e. The third kappa shape index (κ3) is 4.37. The lowest BCUT2D eigenvalue weighted by Crippen LogP contribution is -2.41. The van der Waals surface area contributed by atoms with E-state index in [0.717, 1.165) is 36.6 Å². The molecule has 150 valence electrons. The minimum Gasteiger partial charge on any atom is -0.378 e. The predicted molar refractivity (Wildman–Crippen MR) is 113 cm³/mol. The van der Waals surface area contributed by atoms with Gasteiger partial charge >= 0.3 is 0 Å². The van der Waals surface area contributed by atoms with Crippen molar-refractivity contribution in [2.45, 2.75) is 12.8 Å². The van der Waals surface area contributed by atoms with Crippen LogP contribution in [0.25, 0.3) is 5.82 Å². The standard InChI is InChI=1S/C21H25N7O/c1-26(2)18-8-6-17(7-9-18)25-21(29)16-5-3-11-27(14-16)19-13-20(23-15-22-19)28-12-4-10-24-28/h4,6-10,12-13,15-16H,3,5,11,14H2,1-2H3,(H,25,29). The molecule has 29 heavy (non-hydrogen) atoms. The van der Waals surface area contributed by atoms with Crippen molar-refractivity contribution >= 4 is 23.1 Å². The van der Waals surface area contributed by atoms with Gasteiger partial charge in [-0.2, -0.15) is 5.10 Å². The molecule has 1 N–H and O–H groups in total. The zero-order valence-corrected chi connectivity index (χ0v) is 16.7. The Balaban J connectivity index is 1.43. The lowest BCUT2D eigenvalue weighted by molar-refractivity contribution is -0.120. The molecule has 1 atom stereocenters. The van der Waals surface area contributed by atoms with Gasteiger partial charge < -0.3 is 15.1 Å². The summed E-state index contributed by atoms with van der Waals surface area (Å²) >= 11 is 0. The molecule has 0 aliphatic carbocycles. The van der Waals surface area contributed by atoms with E-state index in [9.17, 15) is 4.79 Å². The molecule has 3 aromatic rings. The van der Waals surface area contributed by atoms with Crippen LogP contribution in [-0.4, -0.2) is 52.8 Å². The van der Waals surface area contributed by atoms with E-state index in [1.165, 1.54) is 0 Å². The first-order valence-corrected chi connectivity index (χ1v) is 9.75. The van der Waals surface area contributed by atoms with E-state index in [1.54, 1.807) is 17.2 Å². The molecule has 1 amide bonds. The van der Waals surface area contributed by atoms with Crippen molar-refractivity contribution in [2.75, 3.05) is 42.3 Å². The predicted octanol–water partition coefficient (Wildman–Crippen LogP) is 2.58. The second-order valence-electron chi connectivity index (χ2n) is 7.40. The van der Waals surface area contributed by atoms with Crippen LogP contribution in [0.5, 0.6) is 0 Å². The summed E-state index contributed by atoms with van der Waals surface area (Å²) in [5.74, 6) is 1.50. The molecule has 8 nitrogen and oxygen atoms in total. The van der Waals surface area contributed by atoms with Gasteiger partial charge in [-0.25, -0.2) is 14.6 Å². The maximum atomic E-state index is 12.8. The summed E-state index contributed by atoms with van der Waals surface area (Å²) in [7, 11) is 3.99. The molecule has 1 aliphatic rings. The molecule has 1 aromatic carbocycles. The average molecular weight is 391 g/mol. The van der Waals surface area contributed by atoms with Crippen molar-refractivity contribution in [3.8, 4) is 5.82 Å². The highest BCUT2D eigenvalue weighted by atomic mass is 16.1. The summed E-state index contributed by atoms with van der Waals surface area (Å²) < 4.78 is 1.71. The number of nitrogens with zero attached hydrogens (tertiary/aromatic N) is 6. The molecule has 8 heteroatoms. The molecule has 2 aromatic heterocycles. The number of benzene rings is 1. The van der Waals surface area contributed by atoms with Gasteiger partial charge in [-0.3, -0.25) is 4.79 Å². The van der Waals surface area contributed by atoms with Crippen LogP contribution in [0.2, 0.25) is 0 Å². The molecule has 4 rings (SSSR count). The summed E-state index contributed by atoms with van der Waals surface area (Å²) in [4.78, 5) is 25.7. The number of anilines is 3. The fraction of sp³-hybridized carbons (Fsp3) is 0.333. The first-order valence-electron chi connectivity index (χ1n) is 9.75. The molecule has 1 fully saturated rings. The smallest absolute Gasteiger partial charge is 0.229 e. The fourth-order valence-corrected chi connectivity index (χ4v) is 3.53. The average Bonchev–Trinajstić information content (AvgIpc) is 3.29. The van der Waals surface area contributed by atoms with Crippen LogP contribution in [0.3, 0.4) is 0 Å². The van der Waals surface area contributed by atoms with Crippen LogP contribution in [-0.2, 0) is 4.79 Å². The second kappa shape index (κ2) is 8.30. The van der Waals surface area contributed by atoms with E-state index in [4.69, 9.17) is 0 Å². The van der Waals surface area contributed by atoms with Gasteiger partial charge in [-0.05, 0) is 43.2 Å². The number of carbonyl (C=O) groups is 1. The molecule has 0 spiro atoms. The zero-order chi connectivity index (χ0) is 20.2. The topological polar surface area (TPSA) is 79.2 Å². The Bertz CT molecular complexity index is 953. The van der Waals surface area contributed by atoms with Crippen molar-refractivity contribution < 1.29 is 4.79 Å². The first-order chi connectivity index (χ1) is 14.1. The molecule has 0 bridgehead atoms. The number of rotatable bonds is 5. The zero-order valence-electron chi connectivity index (χ0n) is 16.7. The van der Waals surface area contributed by atoms with Crippen LogP contribution in [0.1, 0.15) is 12.8 Å². The summed E-state index contributed by atoms with van der Waals surface area (Å²) in [5.41, 5.74) is 1.92. The number of hydrogen-bond acceptors (Lipinski definition) is 6. The third-order valence-electron chi connectivity index (χ3n) is 5.14. The van der Waals surface area contributed by atoms with Crippen molar-refractivity contribution in [1.82, 2.24) is 19.7 Å². The quantitative estimate of drug-likeness (QED) is 0.720. The Labute approximate surface area is 170 Å². The van der Waals surface area contributed by atoms with Gasteiger partial charge in [0.25, 0.3) is 0 Å². The van der Waals surface area contributed by atoms with E-state index in [0.29, 0.717) is 12.4 Å². The third-order valence-corrected chi connectivity index (χ3v) is 5.14. The van der Waals surface area contributed by atoms with Gasteiger partial charge in [0.1, 0.15) is 12.1 Å². The van der Waals surface area contributed by atoms with Gasteiger partial charge in [0, 0.05) is 57.0 Å². The van der Waals surface area contributed by atoms with Gasteiger partial charge in [0.05, 0.1) is 5.92 Å². The van der Waals surface area contributed by atoms with Crippen LogP contribution in [0.4, 0.5) is 17.2 Å². The first kappa shape index (κ1) is 18.9. The number of carbonyl (C=O) groups excluding carboxylic acids is 1. The van der Waals surface area contributed by atoms with E-state index in [-0.39, 0.29) is 11.8 Å². The molecule has 1 aliphatic heterocycles. The van der Waals surface area contributed by atoms with Crippen molar-refractivity contribution in [3.63, 3.8) is 0 Å². The SMILES string of the molecule is CN(C)c1ccc(NC(=O)C2CCCN(c3cc(-n4cccn4)ncn3)C2)cc1. The highest BCUT2D eigenvalue weighted by Crippen LogP contribution is 2.24. The van der Waals surface area contributed by atoms with Crippen LogP contribution >= 0.6 is 0 Å². The van der Waals surface area contributed by atoms with Crippen molar-refractivity contribution in [3.05, 3.63) is 55.1 Å². The normalized spacial score (nSPS) is 16.5. The Hall–Kier alpha value is -3.42. The fourth-order valence-electron chi connectivity index (χ4n) is 3.53. The minimum atomic E-state index is -0.0830. The molecule has 0 saturated carbocycles. The van der Waals surface area contributed by atoms with Crippen molar-refractivity contribution in [1.29, 1.82) is 0 Å². The van der Waals surface area contributed by atoms with Gasteiger partial charge in [-0.15, -0.1) is 0 Å². The number of hydrogen-bond donors (Lipinski definition) is 1. The Morgan fingerprint density at radius 2 is 1.97 bits per heavy atom. The minimum absolute atomic E-state index is 0.0497. The Morgan fingerprint density at radius 3 is 2.69 bits per heavy atom. The molecule has 3 heterocycles. The molecular weight excluding hydrogens is 366 g/mol. The summed E-state index contributed by atoms with van der Waals surface area (Å²) in [5, 5.41) is 7.27. The largest absolute Gasteiger partial charge is 0.378 e. The number of aromatic nitrogens is 4. The summed E-state index contributed by atoms with van der Waals surface area (Å²) in [6, 6.07) is 11.6. The molecular formula is C21H25N7O. The summed E-state index contributed by atoms with van der Waals surface area (Å²) in [6.07, 6.45) is 6.92. The molecule has 1 saturated heterocycles. The van der Waals surface area contributed by atoms with Gasteiger partial charge in [-0.1, -0.05) is 0 Å². The van der Waals surface area contributed by atoms with Gasteiger partial charge in [0.15, 0.2) is 5.82 Å². The Kier molecular flexibility index (Phi) is 5.41. The van der Waals surface area contributed by atoms with Crippen molar-refractivity contribution in [2.24, 2.45) is 5.92 Å². The number of amides is 1.